The number of rotatable bonds is 12. The number of carbonyl (C=O) groups excluding carboxylic acids is 3. The Bertz CT molecular complexity index is 1440. The van der Waals surface area contributed by atoms with Crippen molar-refractivity contribution >= 4 is 23.6 Å². The number of phenolic OH excluding ortho intramolecular Hbond substituents is 1. The SMILES string of the molecule is [C-]#[N+]CC(COc1ccccc1)n1nnnc1[C@@H](CC(=O)Nc1ccccc1O)NC(=O)C(C)(C)NC(=O)OC(C)(C)C. The summed E-state index contributed by atoms with van der Waals surface area (Å²) in [5.74, 6) is -0.704. The van der Waals surface area contributed by atoms with Crippen LogP contribution in [-0.2, 0) is 14.3 Å². The van der Waals surface area contributed by atoms with E-state index in [1.54, 1.807) is 45.0 Å². The number of carbonyl (C=O) groups is 3. The smallest absolute Gasteiger partial charge is 0.408 e. The Morgan fingerprint density at radius 2 is 1.72 bits per heavy atom. The summed E-state index contributed by atoms with van der Waals surface area (Å²) in [5, 5.41) is 29.9. The van der Waals surface area contributed by atoms with Gasteiger partial charge in [0, 0.05) is 0 Å². The molecule has 1 unspecified atom stereocenters. The molecule has 0 aliphatic carbocycles. The quantitative estimate of drug-likeness (QED) is 0.181. The molecule has 0 fully saturated rings. The van der Waals surface area contributed by atoms with Crippen LogP contribution in [0.1, 0.15) is 58.9 Å². The van der Waals surface area contributed by atoms with Crippen molar-refractivity contribution in [3.05, 3.63) is 71.8 Å². The predicted octanol–water partition coefficient (Wildman–Crippen LogP) is 3.41. The number of ether oxygens (including phenoxy) is 2. The highest BCUT2D eigenvalue weighted by Crippen LogP contribution is 2.25. The second-order valence-corrected chi connectivity index (χ2v) is 11.1. The van der Waals surface area contributed by atoms with Crippen molar-refractivity contribution in [2.75, 3.05) is 18.5 Å². The van der Waals surface area contributed by atoms with Crippen LogP contribution in [0.5, 0.6) is 11.5 Å². The number of aromatic hydroxyl groups is 1. The normalized spacial score (nSPS) is 12.7. The Morgan fingerprint density at radius 3 is 2.37 bits per heavy atom. The molecule has 4 N–H and O–H groups in total. The van der Waals surface area contributed by atoms with Gasteiger partial charge in [-0.3, -0.25) is 9.59 Å². The average Bonchev–Trinajstić information content (AvgIpc) is 3.41. The van der Waals surface area contributed by atoms with Crippen LogP contribution in [0, 0.1) is 6.57 Å². The van der Waals surface area contributed by atoms with E-state index in [0.717, 1.165) is 0 Å². The van der Waals surface area contributed by atoms with Gasteiger partial charge in [-0.25, -0.2) is 16.0 Å². The molecule has 1 heterocycles. The van der Waals surface area contributed by atoms with Gasteiger partial charge in [0.15, 0.2) is 11.9 Å². The van der Waals surface area contributed by atoms with Crippen LogP contribution < -0.4 is 20.7 Å². The van der Waals surface area contributed by atoms with Gasteiger partial charge in [-0.05, 0) is 69.3 Å². The fourth-order valence-corrected chi connectivity index (χ4v) is 3.83. The first-order valence-corrected chi connectivity index (χ1v) is 13.5. The average molecular weight is 593 g/mol. The largest absolute Gasteiger partial charge is 0.506 e. The number of nitrogens with one attached hydrogen (secondary N) is 3. The number of anilines is 1. The van der Waals surface area contributed by atoms with E-state index in [1.807, 2.05) is 18.2 Å². The van der Waals surface area contributed by atoms with Gasteiger partial charge in [-0.2, -0.15) is 0 Å². The van der Waals surface area contributed by atoms with Crippen molar-refractivity contribution in [2.45, 2.75) is 64.3 Å². The Hall–Kier alpha value is -5.19. The summed E-state index contributed by atoms with van der Waals surface area (Å²) in [5.41, 5.74) is -2.09. The van der Waals surface area contributed by atoms with Crippen molar-refractivity contribution in [2.24, 2.45) is 0 Å². The number of hydrogen-bond donors (Lipinski definition) is 4. The van der Waals surface area contributed by atoms with Gasteiger partial charge in [0.05, 0.1) is 18.2 Å². The van der Waals surface area contributed by atoms with E-state index in [0.29, 0.717) is 5.75 Å². The first kappa shape index (κ1) is 32.3. The van der Waals surface area contributed by atoms with Gasteiger partial charge >= 0.3 is 6.09 Å². The molecule has 2 aromatic carbocycles. The van der Waals surface area contributed by atoms with Gasteiger partial charge in [-0.15, -0.1) is 5.10 Å². The molecule has 0 radical (unpaired) electrons. The van der Waals surface area contributed by atoms with Crippen molar-refractivity contribution in [1.82, 2.24) is 30.8 Å². The number of aromatic nitrogens is 4. The second-order valence-electron chi connectivity index (χ2n) is 11.1. The van der Waals surface area contributed by atoms with E-state index in [2.05, 4.69) is 36.3 Å². The fraction of sp³-hybridized carbons (Fsp3) is 0.414. The molecule has 14 nitrogen and oxygen atoms in total. The molecule has 0 bridgehead atoms. The lowest BCUT2D eigenvalue weighted by molar-refractivity contribution is -0.127. The van der Waals surface area contributed by atoms with E-state index >= 15 is 0 Å². The first-order chi connectivity index (χ1) is 20.3. The predicted molar refractivity (Wildman–Crippen MR) is 156 cm³/mol. The van der Waals surface area contributed by atoms with E-state index in [9.17, 15) is 19.5 Å². The molecule has 14 heteroatoms. The fourth-order valence-electron chi connectivity index (χ4n) is 3.83. The topological polar surface area (TPSA) is 174 Å². The third-order valence-corrected chi connectivity index (χ3v) is 5.92. The van der Waals surface area contributed by atoms with E-state index in [1.165, 1.54) is 30.7 Å². The molecule has 1 aromatic heterocycles. The summed E-state index contributed by atoms with van der Waals surface area (Å²) in [6, 6.07) is 13.4. The molecule has 43 heavy (non-hydrogen) atoms. The lowest BCUT2D eigenvalue weighted by atomic mass is 10.0. The maximum atomic E-state index is 13.5. The van der Waals surface area contributed by atoms with Crippen molar-refractivity contribution in [3.8, 4) is 11.5 Å². The number of alkyl carbamates (subject to hydrolysis) is 1. The zero-order valence-corrected chi connectivity index (χ0v) is 24.7. The molecule has 3 amide bonds. The van der Waals surface area contributed by atoms with Crippen molar-refractivity contribution in [1.29, 1.82) is 0 Å². The molecule has 0 aliphatic heterocycles. The number of nitrogens with zero attached hydrogens (tertiary/aromatic N) is 5. The summed E-state index contributed by atoms with van der Waals surface area (Å²) in [7, 11) is 0. The van der Waals surface area contributed by atoms with Crippen molar-refractivity contribution < 1.29 is 29.0 Å². The molecule has 0 saturated heterocycles. The summed E-state index contributed by atoms with van der Waals surface area (Å²) in [6.07, 6.45) is -1.16. The van der Waals surface area contributed by atoms with Crippen LogP contribution in [0.3, 0.4) is 0 Å². The summed E-state index contributed by atoms with van der Waals surface area (Å²) < 4.78 is 12.5. The van der Waals surface area contributed by atoms with Crippen LogP contribution in [-0.4, -0.2) is 67.5 Å². The van der Waals surface area contributed by atoms with Gasteiger partial charge in [0.25, 0.3) is 0 Å². The molecule has 0 saturated carbocycles. The molecule has 0 aliphatic rings. The Labute approximate surface area is 249 Å². The van der Waals surface area contributed by atoms with Crippen LogP contribution >= 0.6 is 0 Å². The third kappa shape index (κ3) is 9.70. The minimum atomic E-state index is -1.47. The van der Waals surface area contributed by atoms with E-state index in [4.69, 9.17) is 16.0 Å². The maximum Gasteiger partial charge on any atom is 0.408 e. The summed E-state index contributed by atoms with van der Waals surface area (Å²) >= 11 is 0. The first-order valence-electron chi connectivity index (χ1n) is 13.5. The minimum Gasteiger partial charge on any atom is -0.506 e. The molecular formula is C29H36N8O6. The molecule has 228 valence electrons. The molecule has 0 spiro atoms. The molecule has 3 aromatic rings. The molecular weight excluding hydrogens is 556 g/mol. The van der Waals surface area contributed by atoms with E-state index in [-0.39, 0.29) is 36.8 Å². The summed E-state index contributed by atoms with van der Waals surface area (Å²) in [4.78, 5) is 42.5. The van der Waals surface area contributed by atoms with Crippen LogP contribution in [0.15, 0.2) is 54.6 Å². The monoisotopic (exact) mass is 592 g/mol. The van der Waals surface area contributed by atoms with Crippen LogP contribution in [0.4, 0.5) is 10.5 Å². The van der Waals surface area contributed by atoms with Gasteiger partial charge in [0.2, 0.25) is 18.4 Å². The zero-order valence-electron chi connectivity index (χ0n) is 24.7. The summed E-state index contributed by atoms with van der Waals surface area (Å²) in [6.45, 7) is 15.5. The van der Waals surface area contributed by atoms with E-state index < -0.39 is 41.1 Å². The lowest BCUT2D eigenvalue weighted by Gasteiger charge is -2.29. The van der Waals surface area contributed by atoms with Crippen LogP contribution in [0.2, 0.25) is 0 Å². The van der Waals surface area contributed by atoms with Crippen molar-refractivity contribution in [3.63, 3.8) is 0 Å². The molecule has 2 atom stereocenters. The number of amides is 3. The highest BCUT2D eigenvalue weighted by Gasteiger charge is 2.36. The Balaban J connectivity index is 1.89. The number of hydrogen-bond acceptors (Lipinski definition) is 9. The van der Waals surface area contributed by atoms with Gasteiger partial charge in [-0.1, -0.05) is 30.3 Å². The standard InChI is InChI=1S/C29H36N8O6/c1-28(2,3)43-27(41)33-29(4,5)26(40)32-22(16-24(39)31-21-14-10-11-15-23(21)38)25-34-35-36-37(25)19(17-30-6)18-42-20-12-8-7-9-13-20/h7-15,19,22,38H,16-18H2,1-5H3,(H,31,39)(H,32,40)(H,33,41)/t19?,22-/m1/s1. The highest BCUT2D eigenvalue weighted by molar-refractivity contribution is 5.94. The zero-order chi connectivity index (χ0) is 31.6. The van der Waals surface area contributed by atoms with Gasteiger partial charge < -0.3 is 35.4 Å². The third-order valence-electron chi connectivity index (χ3n) is 5.92. The minimum absolute atomic E-state index is 0.0286. The number of tetrazole rings is 1. The Kier molecular flexibility index (Phi) is 10.6. The highest BCUT2D eigenvalue weighted by atomic mass is 16.6. The second kappa shape index (κ2) is 14.1. The van der Waals surface area contributed by atoms with Crippen LogP contribution in [0.25, 0.3) is 4.85 Å². The Morgan fingerprint density at radius 1 is 1.05 bits per heavy atom. The lowest BCUT2D eigenvalue weighted by Crippen LogP contribution is -2.56. The number of para-hydroxylation sites is 3. The number of phenols is 1. The molecule has 3 rings (SSSR count). The maximum absolute atomic E-state index is 13.5. The number of benzene rings is 2. The van der Waals surface area contributed by atoms with Gasteiger partial charge in [0.1, 0.15) is 29.2 Å².